The molecule has 2 atom stereocenters. The van der Waals surface area contributed by atoms with E-state index in [1.165, 1.54) is 0 Å². The van der Waals surface area contributed by atoms with E-state index in [1.54, 1.807) is 9.80 Å². The molecule has 2 aliphatic rings. The Hall–Kier alpha value is -1.79. The Morgan fingerprint density at radius 1 is 0.786 bits per heavy atom. The molecule has 0 aromatic rings. The molecule has 160 valence electrons. The Morgan fingerprint density at radius 3 is 2.14 bits per heavy atom. The molecule has 28 heavy (non-hydrogen) atoms. The number of carbonyl (C=O) groups is 3. The fraction of sp³-hybridized carbons (Fsp3) is 0.857. The minimum Gasteiger partial charge on any atom is -0.464 e. The number of likely N-dealkylation sites (tertiary alicyclic amines) is 2. The Labute approximate surface area is 168 Å². The lowest BCUT2D eigenvalue weighted by molar-refractivity contribution is -0.159. The molecule has 0 spiro atoms. The lowest BCUT2D eigenvalue weighted by atomic mass is 9.97. The molecule has 0 N–H and O–H groups in total. The van der Waals surface area contributed by atoms with Crippen LogP contribution in [0.1, 0.15) is 78.1 Å². The highest BCUT2D eigenvalue weighted by Gasteiger charge is 2.40. The Kier molecular flexibility index (Phi) is 9.58. The molecular weight excluding hydrogens is 360 g/mol. The van der Waals surface area contributed by atoms with Crippen LogP contribution in [0.25, 0.3) is 0 Å². The number of hydrogen-bond donors (Lipinski definition) is 0. The van der Waals surface area contributed by atoms with Gasteiger partial charge in [0.15, 0.2) is 0 Å². The van der Waals surface area contributed by atoms with Crippen molar-refractivity contribution in [3.8, 4) is 0 Å². The zero-order valence-corrected chi connectivity index (χ0v) is 17.5. The summed E-state index contributed by atoms with van der Waals surface area (Å²) >= 11 is 0. The number of nitrogens with zero attached hydrogens (tertiary/aromatic N) is 2. The molecule has 0 aliphatic carbocycles. The lowest BCUT2D eigenvalue weighted by Gasteiger charge is -2.40. The second-order valence-corrected chi connectivity index (χ2v) is 7.74. The predicted molar refractivity (Wildman–Crippen MR) is 106 cm³/mol. The summed E-state index contributed by atoms with van der Waals surface area (Å²) in [6, 6.07) is -1.06. The number of esters is 1. The van der Waals surface area contributed by atoms with Gasteiger partial charge < -0.3 is 14.4 Å². The minimum atomic E-state index is -0.536. The van der Waals surface area contributed by atoms with Gasteiger partial charge in [0.1, 0.15) is 12.1 Å². The van der Waals surface area contributed by atoms with Crippen molar-refractivity contribution in [3.63, 3.8) is 0 Å². The van der Waals surface area contributed by atoms with Crippen LogP contribution in [-0.2, 0) is 19.1 Å². The average Bonchev–Trinajstić information content (AvgIpc) is 2.74. The first-order valence-electron chi connectivity index (χ1n) is 11.0. The van der Waals surface area contributed by atoms with Crippen molar-refractivity contribution in [2.24, 2.45) is 0 Å². The molecule has 2 aliphatic heterocycles. The van der Waals surface area contributed by atoms with Crippen molar-refractivity contribution >= 4 is 18.0 Å². The van der Waals surface area contributed by atoms with Gasteiger partial charge in [0, 0.05) is 13.1 Å². The maximum Gasteiger partial charge on any atom is 0.410 e. The number of rotatable bonds is 8. The highest BCUT2D eigenvalue weighted by Crippen LogP contribution is 2.25. The molecule has 2 heterocycles. The molecule has 0 saturated carbocycles. The summed E-state index contributed by atoms with van der Waals surface area (Å²) in [5, 5.41) is 0. The number of piperidine rings is 2. The van der Waals surface area contributed by atoms with Gasteiger partial charge >= 0.3 is 12.1 Å². The van der Waals surface area contributed by atoms with Crippen LogP contribution in [0.15, 0.2) is 0 Å². The van der Waals surface area contributed by atoms with Crippen LogP contribution in [0.5, 0.6) is 0 Å². The van der Waals surface area contributed by atoms with E-state index >= 15 is 0 Å². The fourth-order valence-electron chi connectivity index (χ4n) is 3.93. The van der Waals surface area contributed by atoms with Crippen molar-refractivity contribution in [2.45, 2.75) is 90.1 Å². The minimum absolute atomic E-state index is 0.136. The number of carbonyl (C=O) groups excluding carboxylic acids is 3. The first kappa shape index (κ1) is 22.5. The van der Waals surface area contributed by atoms with E-state index in [-0.39, 0.29) is 11.9 Å². The van der Waals surface area contributed by atoms with E-state index in [1.807, 2.05) is 6.92 Å². The van der Waals surface area contributed by atoms with Crippen LogP contribution in [0.2, 0.25) is 0 Å². The lowest BCUT2D eigenvalue weighted by Crippen LogP contribution is -2.58. The fourth-order valence-corrected chi connectivity index (χ4v) is 3.93. The van der Waals surface area contributed by atoms with Crippen LogP contribution >= 0.6 is 0 Å². The number of ether oxygens (including phenoxy) is 2. The highest BCUT2D eigenvalue weighted by molar-refractivity contribution is 5.90. The van der Waals surface area contributed by atoms with Gasteiger partial charge in [-0.1, -0.05) is 26.7 Å². The highest BCUT2D eigenvalue weighted by atomic mass is 16.6. The van der Waals surface area contributed by atoms with Gasteiger partial charge in [0.05, 0.1) is 13.2 Å². The van der Waals surface area contributed by atoms with Crippen LogP contribution in [0.3, 0.4) is 0 Å². The molecule has 7 heteroatoms. The summed E-state index contributed by atoms with van der Waals surface area (Å²) < 4.78 is 10.7. The van der Waals surface area contributed by atoms with Crippen molar-refractivity contribution in [1.82, 2.24) is 9.80 Å². The second kappa shape index (κ2) is 11.9. The maximum atomic E-state index is 13.3. The van der Waals surface area contributed by atoms with Gasteiger partial charge in [-0.3, -0.25) is 9.69 Å². The first-order chi connectivity index (χ1) is 13.6. The maximum absolute atomic E-state index is 13.3. The normalized spacial score (nSPS) is 22.6. The molecule has 2 amide bonds. The second-order valence-electron chi connectivity index (χ2n) is 7.74. The molecule has 2 unspecified atom stereocenters. The molecule has 0 radical (unpaired) electrons. The van der Waals surface area contributed by atoms with Crippen LogP contribution in [0.4, 0.5) is 4.79 Å². The third kappa shape index (κ3) is 6.11. The van der Waals surface area contributed by atoms with Gasteiger partial charge in [0.25, 0.3) is 0 Å². The third-order valence-corrected chi connectivity index (χ3v) is 5.50. The van der Waals surface area contributed by atoms with Gasteiger partial charge in [-0.15, -0.1) is 0 Å². The molecular formula is C21H36N2O5. The zero-order chi connectivity index (χ0) is 20.4. The van der Waals surface area contributed by atoms with E-state index < -0.39 is 18.2 Å². The molecule has 0 aromatic heterocycles. The smallest absolute Gasteiger partial charge is 0.410 e. The van der Waals surface area contributed by atoms with Crippen molar-refractivity contribution in [1.29, 1.82) is 0 Å². The molecule has 2 rings (SSSR count). The van der Waals surface area contributed by atoms with Crippen LogP contribution in [0, 0.1) is 0 Å². The van der Waals surface area contributed by atoms with Gasteiger partial charge in [-0.25, -0.2) is 9.59 Å². The summed E-state index contributed by atoms with van der Waals surface area (Å²) in [6.45, 7) is 5.87. The predicted octanol–water partition coefficient (Wildman–Crippen LogP) is 3.50. The molecule has 0 bridgehead atoms. The summed E-state index contributed by atoms with van der Waals surface area (Å²) in [7, 11) is 0. The number of unbranched alkanes of at least 4 members (excludes halogenated alkanes) is 2. The number of amides is 2. The van der Waals surface area contributed by atoms with Gasteiger partial charge in [0.2, 0.25) is 5.91 Å². The summed E-state index contributed by atoms with van der Waals surface area (Å²) in [5.74, 6) is -0.441. The molecule has 7 nitrogen and oxygen atoms in total. The standard InChI is InChI=1S/C21H36N2O5/c1-3-5-10-16-27-20(25)18-12-7-8-13-22(18)19(24)17-11-6-9-14-23(17)21(26)28-15-4-2/h17-18H,3-16H2,1-2H3. The van der Waals surface area contributed by atoms with Gasteiger partial charge in [-0.2, -0.15) is 0 Å². The van der Waals surface area contributed by atoms with E-state index in [0.717, 1.165) is 51.4 Å². The SMILES string of the molecule is CCCCCOC(=O)C1CCCCN1C(=O)C1CCCCN1C(=O)OCCC. The summed E-state index contributed by atoms with van der Waals surface area (Å²) in [6.07, 6.45) is 8.06. The topological polar surface area (TPSA) is 76.2 Å². The molecule has 2 saturated heterocycles. The van der Waals surface area contributed by atoms with Crippen LogP contribution in [-0.4, -0.2) is 66.2 Å². The monoisotopic (exact) mass is 396 g/mol. The van der Waals surface area contributed by atoms with Gasteiger partial charge in [-0.05, 0) is 51.4 Å². The number of hydrogen-bond acceptors (Lipinski definition) is 5. The van der Waals surface area contributed by atoms with E-state index in [4.69, 9.17) is 9.47 Å². The van der Waals surface area contributed by atoms with Crippen molar-refractivity contribution < 1.29 is 23.9 Å². The Balaban J connectivity index is 2.02. The molecule has 0 aromatic carbocycles. The van der Waals surface area contributed by atoms with E-state index in [9.17, 15) is 14.4 Å². The zero-order valence-electron chi connectivity index (χ0n) is 17.5. The Morgan fingerprint density at radius 2 is 1.46 bits per heavy atom. The third-order valence-electron chi connectivity index (χ3n) is 5.50. The Bertz CT molecular complexity index is 525. The largest absolute Gasteiger partial charge is 0.464 e. The molecule has 2 fully saturated rings. The first-order valence-corrected chi connectivity index (χ1v) is 11.0. The van der Waals surface area contributed by atoms with Crippen LogP contribution < -0.4 is 0 Å². The average molecular weight is 397 g/mol. The summed E-state index contributed by atoms with van der Waals surface area (Å²) in [4.78, 5) is 41.5. The summed E-state index contributed by atoms with van der Waals surface area (Å²) in [5.41, 5.74) is 0. The van der Waals surface area contributed by atoms with Crippen molar-refractivity contribution in [3.05, 3.63) is 0 Å². The van der Waals surface area contributed by atoms with Crippen molar-refractivity contribution in [2.75, 3.05) is 26.3 Å². The van der Waals surface area contributed by atoms with E-state index in [0.29, 0.717) is 39.1 Å². The quantitative estimate of drug-likeness (QED) is 0.464. The van der Waals surface area contributed by atoms with E-state index in [2.05, 4.69) is 6.92 Å².